The molecule has 0 amide bonds. The third kappa shape index (κ3) is 2.97. The first-order valence-electron chi connectivity index (χ1n) is 5.86. The van der Waals surface area contributed by atoms with Crippen LogP contribution >= 0.6 is 0 Å². The molecule has 1 aromatic rings. The molecule has 1 rings (SSSR count). The van der Waals surface area contributed by atoms with Crippen LogP contribution in [0.5, 0.6) is 0 Å². The topological polar surface area (TPSA) is 72.2 Å². The van der Waals surface area contributed by atoms with Gasteiger partial charge in [0, 0.05) is 24.2 Å². The van der Waals surface area contributed by atoms with Gasteiger partial charge in [0.25, 0.3) is 0 Å². The van der Waals surface area contributed by atoms with Crippen LogP contribution < -0.4 is 0 Å². The molecule has 100 valence electrons. The molecule has 0 saturated heterocycles. The highest BCUT2D eigenvalue weighted by atomic mass is 16.4. The van der Waals surface area contributed by atoms with Crippen molar-refractivity contribution in [2.75, 3.05) is 0 Å². The lowest BCUT2D eigenvalue weighted by molar-refractivity contribution is -0.146. The van der Waals surface area contributed by atoms with E-state index in [2.05, 4.69) is 4.98 Å². The lowest BCUT2D eigenvalue weighted by atomic mass is 9.89. The number of imidazole rings is 1. The van der Waals surface area contributed by atoms with Crippen molar-refractivity contribution in [1.82, 2.24) is 9.55 Å². The zero-order valence-electron chi connectivity index (χ0n) is 11.5. The van der Waals surface area contributed by atoms with E-state index in [1.165, 1.54) is 10.8 Å². The van der Waals surface area contributed by atoms with Gasteiger partial charge in [0.2, 0.25) is 5.91 Å². The molecule has 0 unspecified atom stereocenters. The summed E-state index contributed by atoms with van der Waals surface area (Å²) in [4.78, 5) is 27.4. The average Bonchev–Trinajstić information content (AvgIpc) is 2.62. The number of carboxylic acids is 1. The summed E-state index contributed by atoms with van der Waals surface area (Å²) in [5.41, 5.74) is -1.47. The molecule has 0 saturated carbocycles. The highest BCUT2D eigenvalue weighted by molar-refractivity contribution is 5.84. The number of aromatic nitrogens is 2. The summed E-state index contributed by atoms with van der Waals surface area (Å²) in [7, 11) is 0. The number of hydrogen-bond acceptors (Lipinski definition) is 3. The number of aliphatic carboxylic acids is 1. The van der Waals surface area contributed by atoms with Gasteiger partial charge < -0.3 is 5.11 Å². The van der Waals surface area contributed by atoms with Crippen molar-refractivity contribution in [2.24, 2.45) is 10.8 Å². The van der Waals surface area contributed by atoms with Gasteiger partial charge in [-0.3, -0.25) is 14.2 Å². The van der Waals surface area contributed by atoms with Crippen molar-refractivity contribution < 1.29 is 14.7 Å². The third-order valence-corrected chi connectivity index (χ3v) is 2.76. The van der Waals surface area contributed by atoms with Gasteiger partial charge >= 0.3 is 5.97 Å². The Bertz CT molecular complexity index is 467. The third-order valence-electron chi connectivity index (χ3n) is 2.76. The largest absolute Gasteiger partial charge is 0.481 e. The summed E-state index contributed by atoms with van der Waals surface area (Å²) in [6.07, 6.45) is 3.33. The minimum absolute atomic E-state index is 0.0869. The van der Waals surface area contributed by atoms with Crippen molar-refractivity contribution in [3.05, 3.63) is 18.2 Å². The summed E-state index contributed by atoms with van der Waals surface area (Å²) in [5, 5.41) is 9.11. The minimum atomic E-state index is -0.943. The second kappa shape index (κ2) is 4.55. The fourth-order valence-electron chi connectivity index (χ4n) is 1.48. The van der Waals surface area contributed by atoms with Crippen LogP contribution in [0.2, 0.25) is 0 Å². The molecule has 0 bridgehead atoms. The van der Waals surface area contributed by atoms with E-state index >= 15 is 0 Å². The summed E-state index contributed by atoms with van der Waals surface area (Å²) in [5.74, 6) is -0.501. The molecule has 0 aliphatic rings. The molecule has 0 radical (unpaired) electrons. The highest BCUT2D eigenvalue weighted by Crippen LogP contribution is 2.23. The van der Waals surface area contributed by atoms with E-state index in [0.717, 1.165) is 0 Å². The molecule has 0 aliphatic carbocycles. The molecule has 0 atom stereocenters. The highest BCUT2D eigenvalue weighted by Gasteiger charge is 2.31. The maximum absolute atomic E-state index is 12.2. The molecule has 0 spiro atoms. The minimum Gasteiger partial charge on any atom is -0.481 e. The molecule has 0 fully saturated rings. The zero-order valence-corrected chi connectivity index (χ0v) is 11.5. The first kappa shape index (κ1) is 14.4. The predicted octanol–water partition coefficient (Wildman–Crippen LogP) is 2.22. The number of carbonyl (C=O) groups excluding carboxylic acids is 1. The Morgan fingerprint density at radius 2 is 1.83 bits per heavy atom. The molecule has 1 aromatic heterocycles. The van der Waals surface area contributed by atoms with Crippen LogP contribution in [0.25, 0.3) is 0 Å². The van der Waals surface area contributed by atoms with E-state index in [9.17, 15) is 9.59 Å². The van der Waals surface area contributed by atoms with Gasteiger partial charge in [-0.05, 0) is 13.8 Å². The average molecular weight is 252 g/mol. The van der Waals surface area contributed by atoms with E-state index < -0.39 is 16.8 Å². The summed E-state index contributed by atoms with van der Waals surface area (Å²) in [6.45, 7) is 8.70. The number of hydrogen-bond donors (Lipinski definition) is 1. The lowest BCUT2D eigenvalue weighted by Gasteiger charge is -2.22. The quantitative estimate of drug-likeness (QED) is 0.895. The van der Waals surface area contributed by atoms with Crippen molar-refractivity contribution in [1.29, 1.82) is 0 Å². The van der Waals surface area contributed by atoms with Gasteiger partial charge in [-0.15, -0.1) is 0 Å². The number of carbonyl (C=O) groups is 2. The Hall–Kier alpha value is -1.65. The Morgan fingerprint density at radius 1 is 1.28 bits per heavy atom. The zero-order chi connectivity index (χ0) is 14.1. The maximum atomic E-state index is 12.2. The first-order chi connectivity index (χ1) is 8.05. The number of carboxylic acid groups (broad SMARTS) is 1. The van der Waals surface area contributed by atoms with Gasteiger partial charge in [0.05, 0.1) is 5.41 Å². The van der Waals surface area contributed by atoms with E-state index in [1.54, 1.807) is 20.0 Å². The van der Waals surface area contributed by atoms with Crippen molar-refractivity contribution in [2.45, 2.75) is 41.0 Å². The summed E-state index contributed by atoms with van der Waals surface area (Å²) >= 11 is 0. The second-order valence-corrected chi connectivity index (χ2v) is 6.13. The molecule has 0 aliphatic heterocycles. The van der Waals surface area contributed by atoms with Crippen LogP contribution in [0.4, 0.5) is 0 Å². The Morgan fingerprint density at radius 3 is 2.28 bits per heavy atom. The predicted molar refractivity (Wildman–Crippen MR) is 67.4 cm³/mol. The Labute approximate surface area is 107 Å². The van der Waals surface area contributed by atoms with E-state index in [-0.39, 0.29) is 12.3 Å². The van der Waals surface area contributed by atoms with Gasteiger partial charge in [-0.1, -0.05) is 20.8 Å². The van der Waals surface area contributed by atoms with Crippen LogP contribution in [-0.2, 0) is 11.2 Å². The molecular weight excluding hydrogens is 232 g/mol. The molecule has 0 aromatic carbocycles. The molecule has 18 heavy (non-hydrogen) atoms. The number of nitrogens with zero attached hydrogens (tertiary/aromatic N) is 2. The van der Waals surface area contributed by atoms with E-state index in [4.69, 9.17) is 5.11 Å². The molecule has 5 nitrogen and oxygen atoms in total. The molecular formula is C13H20N2O3. The summed E-state index contributed by atoms with van der Waals surface area (Å²) < 4.78 is 1.45. The van der Waals surface area contributed by atoms with Crippen LogP contribution in [0.15, 0.2) is 12.4 Å². The molecule has 1 heterocycles. The van der Waals surface area contributed by atoms with Gasteiger partial charge in [0.15, 0.2) is 0 Å². The molecule has 5 heteroatoms. The van der Waals surface area contributed by atoms with Crippen LogP contribution in [0, 0.1) is 10.8 Å². The summed E-state index contributed by atoms with van der Waals surface area (Å²) in [6, 6.07) is 0. The van der Waals surface area contributed by atoms with Gasteiger partial charge in [0.1, 0.15) is 5.82 Å². The Kier molecular flexibility index (Phi) is 3.64. The van der Waals surface area contributed by atoms with Crippen molar-refractivity contribution >= 4 is 11.9 Å². The van der Waals surface area contributed by atoms with E-state index in [1.807, 2.05) is 20.8 Å². The van der Waals surface area contributed by atoms with Crippen LogP contribution in [0.1, 0.15) is 45.2 Å². The molecule has 1 N–H and O–H groups in total. The van der Waals surface area contributed by atoms with Gasteiger partial charge in [-0.2, -0.15) is 0 Å². The first-order valence-corrected chi connectivity index (χ1v) is 5.86. The monoisotopic (exact) mass is 252 g/mol. The second-order valence-electron chi connectivity index (χ2n) is 6.13. The number of rotatable bonds is 3. The van der Waals surface area contributed by atoms with Crippen molar-refractivity contribution in [3.8, 4) is 0 Å². The smallest absolute Gasteiger partial charge is 0.309 e. The maximum Gasteiger partial charge on any atom is 0.309 e. The standard InChI is InChI=1S/C13H20N2O3/c1-12(2,3)10(16)15-7-6-14-9(15)8-13(4,5)11(17)18/h6-7H,8H2,1-5H3,(H,17,18). The van der Waals surface area contributed by atoms with Crippen LogP contribution in [0.3, 0.4) is 0 Å². The Balaban J connectivity index is 3.05. The fraction of sp³-hybridized carbons (Fsp3) is 0.615. The van der Waals surface area contributed by atoms with Crippen LogP contribution in [-0.4, -0.2) is 26.5 Å². The SMILES string of the molecule is CC(C)(C)C(=O)n1ccnc1CC(C)(C)C(=O)O. The van der Waals surface area contributed by atoms with E-state index in [0.29, 0.717) is 5.82 Å². The lowest BCUT2D eigenvalue weighted by Crippen LogP contribution is -2.32. The fourth-order valence-corrected chi connectivity index (χ4v) is 1.48. The normalized spacial score (nSPS) is 12.5. The van der Waals surface area contributed by atoms with Gasteiger partial charge in [-0.25, -0.2) is 4.98 Å². The van der Waals surface area contributed by atoms with Crippen molar-refractivity contribution in [3.63, 3.8) is 0 Å².